The Morgan fingerprint density at radius 1 is 1.17 bits per heavy atom. The molecule has 0 aliphatic carbocycles. The number of ether oxygens (including phenoxy) is 2. The number of nitrogens with one attached hydrogen (secondary N) is 1. The molecule has 122 valence electrons. The predicted molar refractivity (Wildman–Crippen MR) is 90.6 cm³/mol. The zero-order valence-corrected chi connectivity index (χ0v) is 13.2. The SMILES string of the molecule is CCNC(=O)COc1ccc(/C=C2\C(=O)Oc3ccccc32)cc1. The van der Waals surface area contributed by atoms with Gasteiger partial charge in [0.15, 0.2) is 6.61 Å². The molecule has 0 saturated heterocycles. The number of hydrogen-bond donors (Lipinski definition) is 1. The normalized spacial score (nSPS) is 14.2. The molecule has 1 N–H and O–H groups in total. The first kappa shape index (κ1) is 15.8. The van der Waals surface area contributed by atoms with E-state index >= 15 is 0 Å². The van der Waals surface area contributed by atoms with Gasteiger partial charge in [-0.25, -0.2) is 4.79 Å². The Hall–Kier alpha value is -3.08. The number of amides is 1. The summed E-state index contributed by atoms with van der Waals surface area (Å²) < 4.78 is 10.6. The van der Waals surface area contributed by atoms with Crippen molar-refractivity contribution in [3.63, 3.8) is 0 Å². The molecule has 0 spiro atoms. The minimum absolute atomic E-state index is 0.0199. The molecular formula is C19H17NO4. The van der Waals surface area contributed by atoms with E-state index in [1.807, 2.05) is 37.3 Å². The third kappa shape index (κ3) is 3.46. The number of benzene rings is 2. The van der Waals surface area contributed by atoms with Gasteiger partial charge in [-0.3, -0.25) is 4.79 Å². The highest BCUT2D eigenvalue weighted by Crippen LogP contribution is 2.35. The summed E-state index contributed by atoms with van der Waals surface area (Å²) in [6.45, 7) is 2.41. The van der Waals surface area contributed by atoms with E-state index in [1.54, 1.807) is 24.3 Å². The first-order valence-corrected chi connectivity index (χ1v) is 7.70. The zero-order chi connectivity index (χ0) is 16.9. The van der Waals surface area contributed by atoms with Gasteiger partial charge in [0.1, 0.15) is 11.5 Å². The second-order valence-corrected chi connectivity index (χ2v) is 5.25. The molecule has 24 heavy (non-hydrogen) atoms. The highest BCUT2D eigenvalue weighted by Gasteiger charge is 2.25. The number of rotatable bonds is 5. The lowest BCUT2D eigenvalue weighted by Gasteiger charge is -2.06. The van der Waals surface area contributed by atoms with Crippen LogP contribution in [0.4, 0.5) is 0 Å². The minimum atomic E-state index is -0.354. The highest BCUT2D eigenvalue weighted by atomic mass is 16.5. The van der Waals surface area contributed by atoms with E-state index < -0.39 is 0 Å². The molecular weight excluding hydrogens is 306 g/mol. The van der Waals surface area contributed by atoms with E-state index in [-0.39, 0.29) is 18.5 Å². The Morgan fingerprint density at radius 2 is 1.92 bits per heavy atom. The van der Waals surface area contributed by atoms with Crippen LogP contribution < -0.4 is 14.8 Å². The summed E-state index contributed by atoms with van der Waals surface area (Å²) in [6.07, 6.45) is 1.78. The summed E-state index contributed by atoms with van der Waals surface area (Å²) in [5.74, 6) is 0.662. The Balaban J connectivity index is 1.72. The van der Waals surface area contributed by atoms with Crippen LogP contribution in [0.5, 0.6) is 11.5 Å². The second kappa shape index (κ2) is 7.00. The Bertz CT molecular complexity index is 793. The maximum absolute atomic E-state index is 12.0. The van der Waals surface area contributed by atoms with Crippen molar-refractivity contribution >= 4 is 23.5 Å². The molecule has 1 aliphatic heterocycles. The molecule has 0 atom stereocenters. The largest absolute Gasteiger partial charge is 0.484 e. The maximum Gasteiger partial charge on any atom is 0.344 e. The number of likely N-dealkylation sites (N-methyl/N-ethyl adjacent to an activating group) is 1. The van der Waals surface area contributed by atoms with Crippen LogP contribution in [0.2, 0.25) is 0 Å². The Labute approximate surface area is 139 Å². The monoisotopic (exact) mass is 323 g/mol. The molecule has 0 fully saturated rings. The van der Waals surface area contributed by atoms with Crippen molar-refractivity contribution in [2.24, 2.45) is 0 Å². The van der Waals surface area contributed by atoms with Crippen LogP contribution in [0, 0.1) is 0 Å². The summed E-state index contributed by atoms with van der Waals surface area (Å²) in [7, 11) is 0. The van der Waals surface area contributed by atoms with Gasteiger partial charge >= 0.3 is 5.97 Å². The molecule has 3 rings (SSSR count). The predicted octanol–water partition coefficient (Wildman–Crippen LogP) is 2.66. The van der Waals surface area contributed by atoms with Crippen LogP contribution >= 0.6 is 0 Å². The van der Waals surface area contributed by atoms with Gasteiger partial charge in [-0.2, -0.15) is 0 Å². The average molecular weight is 323 g/mol. The van der Waals surface area contributed by atoms with Crippen molar-refractivity contribution < 1.29 is 19.1 Å². The first-order chi connectivity index (χ1) is 11.7. The summed E-state index contributed by atoms with van der Waals surface area (Å²) in [6, 6.07) is 14.5. The van der Waals surface area contributed by atoms with Crippen LogP contribution in [0.3, 0.4) is 0 Å². The summed E-state index contributed by atoms with van der Waals surface area (Å²) in [5, 5.41) is 2.66. The van der Waals surface area contributed by atoms with Gasteiger partial charge in [0.25, 0.3) is 5.91 Å². The van der Waals surface area contributed by atoms with Crippen LogP contribution in [-0.4, -0.2) is 25.0 Å². The Morgan fingerprint density at radius 3 is 2.67 bits per heavy atom. The molecule has 0 aromatic heterocycles. The lowest BCUT2D eigenvalue weighted by Crippen LogP contribution is -2.28. The van der Waals surface area contributed by atoms with Crippen LogP contribution in [0.1, 0.15) is 18.1 Å². The maximum atomic E-state index is 12.0. The standard InChI is InChI=1S/C19H17NO4/c1-2-20-18(21)12-23-14-9-7-13(8-10-14)11-16-15-5-3-4-6-17(15)24-19(16)22/h3-11H,2,12H2,1H3,(H,20,21)/b16-11-. The molecule has 0 saturated carbocycles. The van der Waals surface area contributed by atoms with Gasteiger partial charge in [-0.15, -0.1) is 0 Å². The fourth-order valence-corrected chi connectivity index (χ4v) is 2.40. The lowest BCUT2D eigenvalue weighted by molar-refractivity contribution is -0.127. The van der Waals surface area contributed by atoms with Crippen LogP contribution in [0.15, 0.2) is 48.5 Å². The third-order valence-electron chi connectivity index (χ3n) is 3.53. The van der Waals surface area contributed by atoms with E-state index in [9.17, 15) is 9.59 Å². The fraction of sp³-hybridized carbons (Fsp3) is 0.158. The van der Waals surface area contributed by atoms with Crippen molar-refractivity contribution in [2.45, 2.75) is 6.92 Å². The van der Waals surface area contributed by atoms with Gasteiger partial charge in [-0.05, 0) is 36.8 Å². The number of hydrogen-bond acceptors (Lipinski definition) is 4. The summed E-state index contributed by atoms with van der Waals surface area (Å²) >= 11 is 0. The molecule has 2 aromatic carbocycles. The van der Waals surface area contributed by atoms with Crippen molar-refractivity contribution in [3.8, 4) is 11.5 Å². The number of carbonyl (C=O) groups is 2. The van der Waals surface area contributed by atoms with Crippen molar-refractivity contribution in [1.82, 2.24) is 5.32 Å². The van der Waals surface area contributed by atoms with Gasteiger partial charge in [0, 0.05) is 12.1 Å². The number of esters is 1. The van der Waals surface area contributed by atoms with Crippen molar-refractivity contribution in [3.05, 3.63) is 59.7 Å². The first-order valence-electron chi connectivity index (χ1n) is 7.70. The molecule has 1 heterocycles. The number of fused-ring (bicyclic) bond motifs is 1. The minimum Gasteiger partial charge on any atom is -0.484 e. The van der Waals surface area contributed by atoms with Gasteiger partial charge < -0.3 is 14.8 Å². The quantitative estimate of drug-likeness (QED) is 0.522. The van der Waals surface area contributed by atoms with Gasteiger partial charge in [-0.1, -0.05) is 30.3 Å². The smallest absolute Gasteiger partial charge is 0.344 e. The molecule has 1 amide bonds. The van der Waals surface area contributed by atoms with Crippen molar-refractivity contribution in [2.75, 3.05) is 13.2 Å². The molecule has 2 aromatic rings. The lowest BCUT2D eigenvalue weighted by atomic mass is 10.0. The third-order valence-corrected chi connectivity index (χ3v) is 3.53. The molecule has 0 radical (unpaired) electrons. The molecule has 5 heteroatoms. The van der Waals surface area contributed by atoms with E-state index in [2.05, 4.69) is 5.32 Å². The molecule has 0 bridgehead atoms. The molecule has 0 unspecified atom stereocenters. The number of carbonyl (C=O) groups excluding carboxylic acids is 2. The van der Waals surface area contributed by atoms with Crippen LogP contribution in [-0.2, 0) is 9.59 Å². The topological polar surface area (TPSA) is 64.6 Å². The highest BCUT2D eigenvalue weighted by molar-refractivity contribution is 6.25. The van der Waals surface area contributed by atoms with Crippen LogP contribution in [0.25, 0.3) is 11.6 Å². The average Bonchev–Trinajstić information content (AvgIpc) is 2.90. The Kier molecular flexibility index (Phi) is 4.61. The van der Waals surface area contributed by atoms with E-state index in [0.29, 0.717) is 23.6 Å². The molecule has 1 aliphatic rings. The summed E-state index contributed by atoms with van der Waals surface area (Å²) in [4.78, 5) is 23.4. The molecule has 5 nitrogen and oxygen atoms in total. The summed E-state index contributed by atoms with van der Waals surface area (Å²) in [5.41, 5.74) is 2.17. The van der Waals surface area contributed by atoms with Gasteiger partial charge in [0.2, 0.25) is 0 Å². The second-order valence-electron chi connectivity index (χ2n) is 5.25. The number of para-hydroxylation sites is 1. The van der Waals surface area contributed by atoms with Gasteiger partial charge in [0.05, 0.1) is 5.57 Å². The van der Waals surface area contributed by atoms with Crippen molar-refractivity contribution in [1.29, 1.82) is 0 Å². The fourth-order valence-electron chi connectivity index (χ4n) is 2.40. The van der Waals surface area contributed by atoms with E-state index in [1.165, 1.54) is 0 Å². The van der Waals surface area contributed by atoms with E-state index in [0.717, 1.165) is 11.1 Å². The van der Waals surface area contributed by atoms with E-state index in [4.69, 9.17) is 9.47 Å². The zero-order valence-electron chi connectivity index (χ0n) is 13.2.